The van der Waals surface area contributed by atoms with Gasteiger partial charge in [-0.3, -0.25) is 0 Å². The highest BCUT2D eigenvalue weighted by molar-refractivity contribution is 9.11. The summed E-state index contributed by atoms with van der Waals surface area (Å²) in [7, 11) is 1.86. The highest BCUT2D eigenvalue weighted by Gasteiger charge is 2.09. The zero-order valence-electron chi connectivity index (χ0n) is 9.50. The van der Waals surface area contributed by atoms with Crippen molar-refractivity contribution in [2.24, 2.45) is 0 Å². The molecule has 0 atom stereocenters. The van der Waals surface area contributed by atoms with Crippen molar-refractivity contribution < 1.29 is 9.90 Å². The van der Waals surface area contributed by atoms with Crippen LogP contribution in [0.2, 0.25) is 0 Å². The second kappa shape index (κ2) is 5.45. The van der Waals surface area contributed by atoms with Gasteiger partial charge in [-0.05, 0) is 32.9 Å². The third-order valence-electron chi connectivity index (χ3n) is 2.27. The number of nitrogens with zero attached hydrogens (tertiary/aromatic N) is 3. The van der Waals surface area contributed by atoms with Crippen LogP contribution < -0.4 is 4.90 Å². The van der Waals surface area contributed by atoms with Crippen molar-refractivity contribution in [3.8, 4) is 0 Å². The number of aromatic carboxylic acids is 1. The van der Waals surface area contributed by atoms with Crippen LogP contribution in [0.1, 0.15) is 15.9 Å². The fourth-order valence-corrected chi connectivity index (χ4v) is 2.60. The molecule has 2 heterocycles. The van der Waals surface area contributed by atoms with Crippen molar-refractivity contribution in [1.29, 1.82) is 0 Å². The molecule has 0 bridgehead atoms. The molecule has 0 saturated carbocycles. The van der Waals surface area contributed by atoms with Crippen LogP contribution in [-0.4, -0.2) is 28.1 Å². The van der Waals surface area contributed by atoms with E-state index in [2.05, 4.69) is 25.9 Å². The minimum atomic E-state index is -1.02. The topological polar surface area (TPSA) is 66.3 Å². The van der Waals surface area contributed by atoms with Crippen LogP contribution in [0.4, 0.5) is 5.95 Å². The molecule has 0 aromatic carbocycles. The minimum Gasteiger partial charge on any atom is -0.478 e. The van der Waals surface area contributed by atoms with E-state index in [1.165, 1.54) is 12.4 Å². The molecule has 0 unspecified atom stereocenters. The standard InChI is InChI=1S/C11H10BrN3O2S/c1-15(5-7-2-9(12)18-6-7)11-13-3-8(4-14-11)10(16)17/h2-4,6H,5H2,1H3,(H,16,17). The minimum absolute atomic E-state index is 0.0884. The Morgan fingerprint density at radius 3 is 2.67 bits per heavy atom. The molecule has 0 aliphatic heterocycles. The van der Waals surface area contributed by atoms with Crippen LogP contribution in [0.5, 0.6) is 0 Å². The van der Waals surface area contributed by atoms with Crippen molar-refractivity contribution >= 4 is 39.2 Å². The number of thiophene rings is 1. The fourth-order valence-electron chi connectivity index (χ4n) is 1.40. The van der Waals surface area contributed by atoms with E-state index in [4.69, 9.17) is 5.11 Å². The quantitative estimate of drug-likeness (QED) is 0.935. The summed E-state index contributed by atoms with van der Waals surface area (Å²) in [6.45, 7) is 0.675. The summed E-state index contributed by atoms with van der Waals surface area (Å²) in [6.07, 6.45) is 2.62. The van der Waals surface area contributed by atoms with Crippen LogP contribution >= 0.6 is 27.3 Å². The van der Waals surface area contributed by atoms with E-state index >= 15 is 0 Å². The number of anilines is 1. The summed E-state index contributed by atoms with van der Waals surface area (Å²) in [6, 6.07) is 2.03. The molecule has 0 fully saturated rings. The average molecular weight is 328 g/mol. The number of hydrogen-bond acceptors (Lipinski definition) is 5. The Morgan fingerprint density at radius 2 is 2.17 bits per heavy atom. The van der Waals surface area contributed by atoms with E-state index in [1.54, 1.807) is 11.3 Å². The van der Waals surface area contributed by atoms with E-state index in [9.17, 15) is 4.79 Å². The van der Waals surface area contributed by atoms with E-state index < -0.39 is 5.97 Å². The molecule has 2 aromatic rings. The molecule has 0 aliphatic rings. The first kappa shape index (κ1) is 13.0. The molecule has 2 rings (SSSR count). The van der Waals surface area contributed by atoms with Crippen LogP contribution in [0.15, 0.2) is 27.6 Å². The number of halogens is 1. The molecule has 0 saturated heterocycles. The Kier molecular flexibility index (Phi) is 3.93. The molecule has 0 amide bonds. The van der Waals surface area contributed by atoms with E-state index in [1.807, 2.05) is 23.4 Å². The largest absolute Gasteiger partial charge is 0.478 e. The number of aromatic nitrogens is 2. The lowest BCUT2D eigenvalue weighted by Crippen LogP contribution is -2.19. The maximum atomic E-state index is 10.7. The van der Waals surface area contributed by atoms with Crippen molar-refractivity contribution in [3.05, 3.63) is 38.8 Å². The van der Waals surface area contributed by atoms with Gasteiger partial charge in [0.05, 0.1) is 9.35 Å². The molecule has 94 valence electrons. The lowest BCUT2D eigenvalue weighted by atomic mass is 10.3. The maximum Gasteiger partial charge on any atom is 0.338 e. The molecule has 0 spiro atoms. The van der Waals surface area contributed by atoms with Gasteiger partial charge in [0.25, 0.3) is 0 Å². The SMILES string of the molecule is CN(Cc1csc(Br)c1)c1ncc(C(=O)O)cn1. The molecule has 0 aliphatic carbocycles. The first-order chi connectivity index (χ1) is 8.56. The molecule has 1 N–H and O–H groups in total. The first-order valence-electron chi connectivity index (χ1n) is 5.05. The van der Waals surface area contributed by atoms with Gasteiger partial charge in [-0.15, -0.1) is 11.3 Å². The van der Waals surface area contributed by atoms with Gasteiger partial charge in [-0.2, -0.15) is 0 Å². The lowest BCUT2D eigenvalue weighted by molar-refractivity contribution is 0.0696. The summed E-state index contributed by atoms with van der Waals surface area (Å²) >= 11 is 5.03. The van der Waals surface area contributed by atoms with Gasteiger partial charge in [0.15, 0.2) is 0 Å². The average Bonchev–Trinajstić information content (AvgIpc) is 2.75. The number of carboxylic acids is 1. The summed E-state index contributed by atoms with van der Waals surface area (Å²) in [5, 5.41) is 10.8. The smallest absolute Gasteiger partial charge is 0.338 e. The highest BCUT2D eigenvalue weighted by atomic mass is 79.9. The Hall–Kier alpha value is -1.47. The second-order valence-electron chi connectivity index (χ2n) is 3.69. The van der Waals surface area contributed by atoms with Crippen molar-refractivity contribution in [1.82, 2.24) is 9.97 Å². The normalized spacial score (nSPS) is 10.3. The van der Waals surface area contributed by atoms with E-state index in [0.29, 0.717) is 12.5 Å². The zero-order chi connectivity index (χ0) is 13.1. The molecule has 0 radical (unpaired) electrons. The molecule has 2 aromatic heterocycles. The fraction of sp³-hybridized carbons (Fsp3) is 0.182. The lowest BCUT2D eigenvalue weighted by Gasteiger charge is -2.15. The van der Waals surface area contributed by atoms with Gasteiger partial charge in [0.2, 0.25) is 5.95 Å². The predicted octanol–water partition coefficient (Wildman–Crippen LogP) is 2.64. The molecular formula is C11H10BrN3O2S. The van der Waals surface area contributed by atoms with Gasteiger partial charge in [-0.1, -0.05) is 0 Å². The molecule has 5 nitrogen and oxygen atoms in total. The summed E-state index contributed by atoms with van der Waals surface area (Å²) in [5.74, 6) is -0.520. The van der Waals surface area contributed by atoms with Crippen LogP contribution in [0, 0.1) is 0 Å². The van der Waals surface area contributed by atoms with E-state index in [-0.39, 0.29) is 5.56 Å². The van der Waals surface area contributed by atoms with Crippen molar-refractivity contribution in [2.75, 3.05) is 11.9 Å². The number of carbonyl (C=O) groups is 1. The second-order valence-corrected chi connectivity index (χ2v) is 5.98. The van der Waals surface area contributed by atoms with Gasteiger partial charge < -0.3 is 10.0 Å². The Morgan fingerprint density at radius 1 is 1.50 bits per heavy atom. The maximum absolute atomic E-state index is 10.7. The zero-order valence-corrected chi connectivity index (χ0v) is 11.9. The van der Waals surface area contributed by atoms with Crippen molar-refractivity contribution in [3.63, 3.8) is 0 Å². The number of hydrogen-bond donors (Lipinski definition) is 1. The monoisotopic (exact) mass is 327 g/mol. The van der Waals surface area contributed by atoms with Crippen LogP contribution in [0.25, 0.3) is 0 Å². The van der Waals surface area contributed by atoms with Crippen LogP contribution in [0.3, 0.4) is 0 Å². The van der Waals surface area contributed by atoms with Crippen molar-refractivity contribution in [2.45, 2.75) is 6.54 Å². The van der Waals surface area contributed by atoms with Gasteiger partial charge in [0.1, 0.15) is 0 Å². The summed E-state index contributed by atoms with van der Waals surface area (Å²) in [4.78, 5) is 20.6. The predicted molar refractivity (Wildman–Crippen MR) is 73.1 cm³/mol. The molecular weight excluding hydrogens is 318 g/mol. The molecule has 18 heavy (non-hydrogen) atoms. The van der Waals surface area contributed by atoms with E-state index in [0.717, 1.165) is 9.35 Å². The van der Waals surface area contributed by atoms with Gasteiger partial charge >= 0.3 is 5.97 Å². The van der Waals surface area contributed by atoms with Gasteiger partial charge in [0, 0.05) is 26.0 Å². The number of rotatable bonds is 4. The summed E-state index contributed by atoms with van der Waals surface area (Å²) in [5.41, 5.74) is 1.24. The Bertz CT molecular complexity index is 556. The van der Waals surface area contributed by atoms with Gasteiger partial charge in [-0.25, -0.2) is 14.8 Å². The Balaban J connectivity index is 2.09. The highest BCUT2D eigenvalue weighted by Crippen LogP contribution is 2.22. The third-order valence-corrected chi connectivity index (χ3v) is 3.82. The summed E-state index contributed by atoms with van der Waals surface area (Å²) < 4.78 is 1.08. The molecule has 7 heteroatoms. The number of carboxylic acid groups (broad SMARTS) is 1. The third kappa shape index (κ3) is 3.05. The van der Waals surface area contributed by atoms with Crippen LogP contribution in [-0.2, 0) is 6.54 Å². The Labute approximate surface area is 116 Å². The first-order valence-corrected chi connectivity index (χ1v) is 6.73.